The molecule has 0 fully saturated rings. The van der Waals surface area contributed by atoms with Gasteiger partial charge in [-0.1, -0.05) is 38.1 Å². The number of aromatic amines is 2. The van der Waals surface area contributed by atoms with Gasteiger partial charge in [-0.2, -0.15) is 0 Å². The molecule has 3 heterocycles. The van der Waals surface area contributed by atoms with Crippen molar-refractivity contribution in [2.75, 3.05) is 0 Å². The first kappa shape index (κ1) is 15.2. The van der Waals surface area contributed by atoms with Gasteiger partial charge in [-0.05, 0) is 36.4 Å². The van der Waals surface area contributed by atoms with E-state index in [-0.39, 0.29) is 0 Å². The highest BCUT2D eigenvalue weighted by molar-refractivity contribution is 5.80. The standard InChI is InChI=1S/C18H12N4O.C2H6/c1-2-6-12-11(5-1)19-17(20-12)15-9-10-16(23-15)18-21-13-7-3-4-8-14(13)22-18;1-2/h1-10H,(H,19,20)(H,21,22);1-2H3. The number of para-hydroxylation sites is 4. The maximum Gasteiger partial charge on any atom is 0.174 e. The van der Waals surface area contributed by atoms with Crippen molar-refractivity contribution in [2.24, 2.45) is 0 Å². The fraction of sp³-hybridized carbons (Fsp3) is 0.100. The summed E-state index contributed by atoms with van der Waals surface area (Å²) >= 11 is 0. The summed E-state index contributed by atoms with van der Waals surface area (Å²) in [6.07, 6.45) is 0. The highest BCUT2D eigenvalue weighted by Gasteiger charge is 2.13. The van der Waals surface area contributed by atoms with E-state index >= 15 is 0 Å². The normalized spacial score (nSPS) is 10.8. The minimum atomic E-state index is 0.691. The van der Waals surface area contributed by atoms with Gasteiger partial charge in [0.15, 0.2) is 23.2 Å². The SMILES string of the molecule is CC.c1ccc2[nH]c(-c3ccc(-c4nc5ccccc5[nH]4)o3)nc2c1. The van der Waals surface area contributed by atoms with E-state index in [1.807, 2.05) is 74.5 Å². The van der Waals surface area contributed by atoms with Crippen molar-refractivity contribution in [3.8, 4) is 23.2 Å². The van der Waals surface area contributed by atoms with Gasteiger partial charge < -0.3 is 14.4 Å². The Labute approximate surface area is 144 Å². The number of furan rings is 1. The van der Waals surface area contributed by atoms with Gasteiger partial charge in [0.1, 0.15) is 0 Å². The van der Waals surface area contributed by atoms with Crippen LogP contribution in [0.3, 0.4) is 0 Å². The zero-order valence-corrected chi connectivity index (χ0v) is 14.1. The van der Waals surface area contributed by atoms with Gasteiger partial charge >= 0.3 is 0 Å². The molecule has 5 nitrogen and oxygen atoms in total. The molecule has 124 valence electrons. The van der Waals surface area contributed by atoms with E-state index in [4.69, 9.17) is 4.42 Å². The van der Waals surface area contributed by atoms with Crippen molar-refractivity contribution in [1.29, 1.82) is 0 Å². The summed E-state index contributed by atoms with van der Waals surface area (Å²) in [5.41, 5.74) is 3.82. The number of nitrogens with zero attached hydrogens (tertiary/aromatic N) is 2. The molecule has 0 aliphatic heterocycles. The third-order valence-electron chi connectivity index (χ3n) is 3.85. The zero-order valence-electron chi connectivity index (χ0n) is 14.1. The van der Waals surface area contributed by atoms with Crippen molar-refractivity contribution in [2.45, 2.75) is 13.8 Å². The Balaban J connectivity index is 0.000000758. The van der Waals surface area contributed by atoms with Crippen molar-refractivity contribution >= 4 is 22.1 Å². The molecule has 25 heavy (non-hydrogen) atoms. The van der Waals surface area contributed by atoms with E-state index in [1.165, 1.54) is 0 Å². The first-order valence-electron chi connectivity index (χ1n) is 8.37. The number of fused-ring (bicyclic) bond motifs is 2. The Morgan fingerprint density at radius 2 is 1.08 bits per heavy atom. The van der Waals surface area contributed by atoms with Crippen molar-refractivity contribution in [1.82, 2.24) is 19.9 Å². The van der Waals surface area contributed by atoms with Crippen LogP contribution in [0.1, 0.15) is 13.8 Å². The molecule has 0 saturated heterocycles. The van der Waals surface area contributed by atoms with Crippen LogP contribution in [0, 0.1) is 0 Å². The summed E-state index contributed by atoms with van der Waals surface area (Å²) < 4.78 is 5.93. The van der Waals surface area contributed by atoms with Gasteiger partial charge in [-0.3, -0.25) is 0 Å². The number of imidazole rings is 2. The molecule has 5 aromatic rings. The fourth-order valence-corrected chi connectivity index (χ4v) is 2.73. The average Bonchev–Trinajstić information content (AvgIpc) is 3.39. The minimum absolute atomic E-state index is 0.691. The molecule has 0 amide bonds. The monoisotopic (exact) mass is 330 g/mol. The molecule has 2 aromatic carbocycles. The summed E-state index contributed by atoms with van der Waals surface area (Å²) in [6, 6.07) is 19.6. The van der Waals surface area contributed by atoms with Gasteiger partial charge in [-0.25, -0.2) is 9.97 Å². The molecule has 0 saturated carbocycles. The third-order valence-corrected chi connectivity index (χ3v) is 3.85. The summed E-state index contributed by atoms with van der Waals surface area (Å²) in [5.74, 6) is 2.82. The fourth-order valence-electron chi connectivity index (χ4n) is 2.73. The van der Waals surface area contributed by atoms with E-state index in [1.54, 1.807) is 0 Å². The lowest BCUT2D eigenvalue weighted by Gasteiger charge is -1.91. The second-order valence-electron chi connectivity index (χ2n) is 5.37. The summed E-state index contributed by atoms with van der Waals surface area (Å²) in [4.78, 5) is 15.6. The van der Waals surface area contributed by atoms with Crippen LogP contribution < -0.4 is 0 Å². The zero-order chi connectivity index (χ0) is 17.2. The van der Waals surface area contributed by atoms with Crippen LogP contribution in [-0.4, -0.2) is 19.9 Å². The first-order chi connectivity index (χ1) is 12.4. The molecule has 0 bridgehead atoms. The topological polar surface area (TPSA) is 70.5 Å². The van der Waals surface area contributed by atoms with Gasteiger partial charge in [0.2, 0.25) is 0 Å². The molecular weight excluding hydrogens is 312 g/mol. The summed E-state index contributed by atoms with van der Waals surface area (Å²) in [6.45, 7) is 4.00. The number of aromatic nitrogens is 4. The maximum absolute atomic E-state index is 5.93. The van der Waals surface area contributed by atoms with Crippen LogP contribution in [-0.2, 0) is 0 Å². The number of hydrogen-bond donors (Lipinski definition) is 2. The molecule has 3 aromatic heterocycles. The molecule has 5 rings (SSSR count). The van der Waals surface area contributed by atoms with Crippen LogP contribution >= 0.6 is 0 Å². The average molecular weight is 330 g/mol. The predicted molar refractivity (Wildman–Crippen MR) is 100 cm³/mol. The Kier molecular flexibility index (Phi) is 3.82. The van der Waals surface area contributed by atoms with Crippen LogP contribution in [0.5, 0.6) is 0 Å². The minimum Gasteiger partial charge on any atom is -0.450 e. The van der Waals surface area contributed by atoms with Crippen LogP contribution in [0.25, 0.3) is 45.2 Å². The lowest BCUT2D eigenvalue weighted by atomic mass is 10.3. The number of hydrogen-bond acceptors (Lipinski definition) is 3. The van der Waals surface area contributed by atoms with Crippen molar-refractivity contribution in [3.63, 3.8) is 0 Å². The Bertz CT molecular complexity index is 978. The largest absolute Gasteiger partial charge is 0.450 e. The molecular formula is C20H18N4O. The second kappa shape index (κ2) is 6.28. The van der Waals surface area contributed by atoms with Crippen molar-refractivity contribution < 1.29 is 4.42 Å². The van der Waals surface area contributed by atoms with E-state index in [9.17, 15) is 0 Å². The van der Waals surface area contributed by atoms with E-state index in [0.717, 1.165) is 22.1 Å². The maximum atomic E-state index is 5.93. The van der Waals surface area contributed by atoms with Crippen LogP contribution in [0.2, 0.25) is 0 Å². The highest BCUT2D eigenvalue weighted by Crippen LogP contribution is 2.28. The lowest BCUT2D eigenvalue weighted by Crippen LogP contribution is -1.77. The third kappa shape index (κ3) is 2.70. The molecule has 0 unspecified atom stereocenters. The lowest BCUT2D eigenvalue weighted by molar-refractivity contribution is 0.589. The van der Waals surface area contributed by atoms with E-state index < -0.39 is 0 Å². The molecule has 2 N–H and O–H groups in total. The number of nitrogens with one attached hydrogen (secondary N) is 2. The number of H-pyrrole nitrogens is 2. The van der Waals surface area contributed by atoms with Gasteiger partial charge in [0.05, 0.1) is 22.1 Å². The second-order valence-corrected chi connectivity index (χ2v) is 5.37. The first-order valence-corrected chi connectivity index (χ1v) is 8.37. The Morgan fingerprint density at radius 1 is 0.640 bits per heavy atom. The summed E-state index contributed by atoms with van der Waals surface area (Å²) in [5, 5.41) is 0. The molecule has 5 heteroatoms. The molecule has 0 aliphatic carbocycles. The number of rotatable bonds is 2. The Morgan fingerprint density at radius 3 is 1.52 bits per heavy atom. The van der Waals surface area contributed by atoms with Gasteiger partial charge in [0, 0.05) is 0 Å². The Hall–Kier alpha value is -3.34. The summed E-state index contributed by atoms with van der Waals surface area (Å²) in [7, 11) is 0. The molecule has 0 radical (unpaired) electrons. The van der Waals surface area contributed by atoms with E-state index in [0.29, 0.717) is 23.2 Å². The van der Waals surface area contributed by atoms with Crippen LogP contribution in [0.15, 0.2) is 65.1 Å². The molecule has 0 aliphatic rings. The van der Waals surface area contributed by atoms with Crippen molar-refractivity contribution in [3.05, 3.63) is 60.7 Å². The quantitative estimate of drug-likeness (QED) is 0.456. The highest BCUT2D eigenvalue weighted by atomic mass is 16.3. The van der Waals surface area contributed by atoms with Gasteiger partial charge in [-0.15, -0.1) is 0 Å². The smallest absolute Gasteiger partial charge is 0.174 e. The molecule has 0 spiro atoms. The van der Waals surface area contributed by atoms with Gasteiger partial charge in [0.25, 0.3) is 0 Å². The van der Waals surface area contributed by atoms with Crippen LogP contribution in [0.4, 0.5) is 0 Å². The number of benzene rings is 2. The van der Waals surface area contributed by atoms with E-state index in [2.05, 4.69) is 19.9 Å². The predicted octanol–water partition coefficient (Wildman–Crippen LogP) is 5.39. The molecule has 0 atom stereocenters.